The molecule has 0 saturated carbocycles. The summed E-state index contributed by atoms with van der Waals surface area (Å²) in [6.07, 6.45) is 2.14. The smallest absolute Gasteiger partial charge is 0.251 e. The average Bonchev–Trinajstić information content (AvgIpc) is 2.68. The fourth-order valence-corrected chi connectivity index (χ4v) is 3.28. The summed E-state index contributed by atoms with van der Waals surface area (Å²) < 4.78 is 18.1. The van der Waals surface area contributed by atoms with E-state index in [9.17, 15) is 9.18 Å². The molecule has 1 N–H and O–H groups in total. The van der Waals surface area contributed by atoms with E-state index in [1.165, 1.54) is 29.8 Å². The van der Waals surface area contributed by atoms with Crippen LogP contribution in [0.25, 0.3) is 0 Å². The van der Waals surface area contributed by atoms with Crippen LogP contribution in [0.4, 0.5) is 4.39 Å². The number of ether oxygens (including phenoxy) is 1. The van der Waals surface area contributed by atoms with Gasteiger partial charge in [-0.25, -0.2) is 4.39 Å². The number of halogens is 1. The molecule has 1 amide bonds. The van der Waals surface area contributed by atoms with Gasteiger partial charge in [0.05, 0.1) is 7.11 Å². The van der Waals surface area contributed by atoms with Gasteiger partial charge in [0.1, 0.15) is 11.6 Å². The Morgan fingerprint density at radius 3 is 2.38 bits per heavy atom. The minimum absolute atomic E-state index is 0.134. The molecule has 0 aromatic heterocycles. The van der Waals surface area contributed by atoms with Gasteiger partial charge in [0.15, 0.2) is 0 Å². The third-order valence-electron chi connectivity index (χ3n) is 4.93. The Morgan fingerprint density at radius 2 is 1.77 bits per heavy atom. The molecule has 1 saturated heterocycles. The van der Waals surface area contributed by atoms with E-state index in [1.807, 2.05) is 12.1 Å². The topological polar surface area (TPSA) is 41.6 Å². The van der Waals surface area contributed by atoms with Crippen molar-refractivity contribution in [1.82, 2.24) is 10.2 Å². The van der Waals surface area contributed by atoms with E-state index in [-0.39, 0.29) is 11.7 Å². The molecular weight excluding hydrogens is 331 g/mol. The molecule has 0 bridgehead atoms. The molecule has 0 radical (unpaired) electrons. The summed E-state index contributed by atoms with van der Waals surface area (Å²) in [6, 6.07) is 13.9. The van der Waals surface area contributed by atoms with Gasteiger partial charge in [-0.2, -0.15) is 0 Å². The van der Waals surface area contributed by atoms with Crippen molar-refractivity contribution in [2.75, 3.05) is 26.7 Å². The van der Waals surface area contributed by atoms with Crippen molar-refractivity contribution in [3.8, 4) is 5.75 Å². The molecule has 1 aliphatic rings. The highest BCUT2D eigenvalue weighted by atomic mass is 19.1. The number of amides is 1. The van der Waals surface area contributed by atoms with Crippen molar-refractivity contribution in [3.05, 3.63) is 65.5 Å². The summed E-state index contributed by atoms with van der Waals surface area (Å²) in [4.78, 5) is 14.5. The number of hydrogen-bond donors (Lipinski definition) is 1. The van der Waals surface area contributed by atoms with Crippen LogP contribution in [0.1, 0.15) is 28.8 Å². The molecule has 2 aromatic rings. The van der Waals surface area contributed by atoms with Gasteiger partial charge in [-0.3, -0.25) is 9.69 Å². The zero-order valence-electron chi connectivity index (χ0n) is 15.1. The first kappa shape index (κ1) is 18.4. The third-order valence-corrected chi connectivity index (χ3v) is 4.93. The summed E-state index contributed by atoms with van der Waals surface area (Å²) in [5, 5.41) is 2.97. The molecular formula is C21H25FN2O2. The van der Waals surface area contributed by atoms with Crippen LogP contribution in [0.3, 0.4) is 0 Å². The minimum Gasteiger partial charge on any atom is -0.497 e. The maximum absolute atomic E-state index is 12.9. The second-order valence-electron chi connectivity index (χ2n) is 6.78. The lowest BCUT2D eigenvalue weighted by Gasteiger charge is -2.32. The van der Waals surface area contributed by atoms with Gasteiger partial charge in [0.2, 0.25) is 0 Å². The number of nitrogens with zero attached hydrogens (tertiary/aromatic N) is 1. The first-order chi connectivity index (χ1) is 12.6. The Hall–Kier alpha value is -2.40. The largest absolute Gasteiger partial charge is 0.497 e. The van der Waals surface area contributed by atoms with Crippen LogP contribution in [0, 0.1) is 11.7 Å². The van der Waals surface area contributed by atoms with Crippen molar-refractivity contribution >= 4 is 5.91 Å². The Balaban J connectivity index is 1.40. The molecule has 0 aliphatic carbocycles. The van der Waals surface area contributed by atoms with E-state index in [0.29, 0.717) is 18.0 Å². The highest BCUT2D eigenvalue weighted by molar-refractivity contribution is 5.94. The minimum atomic E-state index is -0.328. The number of carbonyl (C=O) groups excluding carboxylic acids is 1. The van der Waals surface area contributed by atoms with Crippen molar-refractivity contribution in [2.45, 2.75) is 19.4 Å². The average molecular weight is 356 g/mol. The zero-order valence-corrected chi connectivity index (χ0v) is 15.1. The Labute approximate surface area is 154 Å². The molecule has 0 atom stereocenters. The molecule has 138 valence electrons. The standard InChI is InChI=1S/C21H25FN2O2/c1-26-20-8-2-17(3-9-20)15-24-12-10-16(11-13-24)14-23-21(25)18-4-6-19(22)7-5-18/h2-9,16H,10-15H2,1H3,(H,23,25). The molecule has 1 aliphatic heterocycles. The second-order valence-corrected chi connectivity index (χ2v) is 6.78. The Morgan fingerprint density at radius 1 is 1.12 bits per heavy atom. The highest BCUT2D eigenvalue weighted by Gasteiger charge is 2.20. The number of methoxy groups -OCH3 is 1. The molecule has 3 rings (SSSR count). The summed E-state index contributed by atoms with van der Waals surface area (Å²) >= 11 is 0. The van der Waals surface area contributed by atoms with E-state index in [2.05, 4.69) is 22.3 Å². The van der Waals surface area contributed by atoms with E-state index in [0.717, 1.165) is 38.2 Å². The normalized spacial score (nSPS) is 15.6. The molecule has 26 heavy (non-hydrogen) atoms. The maximum Gasteiger partial charge on any atom is 0.251 e. The lowest BCUT2D eigenvalue weighted by atomic mass is 9.96. The molecule has 1 heterocycles. The van der Waals surface area contributed by atoms with E-state index >= 15 is 0 Å². The van der Waals surface area contributed by atoms with Crippen LogP contribution in [0.5, 0.6) is 5.75 Å². The predicted octanol–water partition coefficient (Wildman–Crippen LogP) is 3.48. The van der Waals surface area contributed by atoms with Gasteiger partial charge in [0.25, 0.3) is 5.91 Å². The van der Waals surface area contributed by atoms with Gasteiger partial charge in [-0.1, -0.05) is 12.1 Å². The van der Waals surface area contributed by atoms with Crippen molar-refractivity contribution in [2.24, 2.45) is 5.92 Å². The molecule has 5 heteroatoms. The first-order valence-corrected chi connectivity index (χ1v) is 9.03. The Bertz CT molecular complexity index is 708. The van der Waals surface area contributed by atoms with Gasteiger partial charge >= 0.3 is 0 Å². The number of benzene rings is 2. The molecule has 0 spiro atoms. The Kier molecular flexibility index (Phi) is 6.23. The van der Waals surface area contributed by atoms with Gasteiger partial charge in [0, 0.05) is 18.7 Å². The van der Waals surface area contributed by atoms with Gasteiger partial charge in [-0.05, 0) is 73.8 Å². The van der Waals surface area contributed by atoms with Crippen LogP contribution < -0.4 is 10.1 Å². The maximum atomic E-state index is 12.9. The molecule has 4 nitrogen and oxygen atoms in total. The van der Waals surface area contributed by atoms with Crippen LogP contribution in [0.15, 0.2) is 48.5 Å². The summed E-state index contributed by atoms with van der Waals surface area (Å²) in [6.45, 7) is 3.68. The van der Waals surface area contributed by atoms with Crippen molar-refractivity contribution in [3.63, 3.8) is 0 Å². The van der Waals surface area contributed by atoms with E-state index < -0.39 is 0 Å². The highest BCUT2D eigenvalue weighted by Crippen LogP contribution is 2.20. The first-order valence-electron chi connectivity index (χ1n) is 9.03. The molecule has 1 fully saturated rings. The number of hydrogen-bond acceptors (Lipinski definition) is 3. The molecule has 0 unspecified atom stereocenters. The number of carbonyl (C=O) groups is 1. The zero-order chi connectivity index (χ0) is 18.4. The van der Waals surface area contributed by atoms with Gasteiger partial charge < -0.3 is 10.1 Å². The summed E-state index contributed by atoms with van der Waals surface area (Å²) in [5.41, 5.74) is 1.79. The van der Waals surface area contributed by atoms with Gasteiger partial charge in [-0.15, -0.1) is 0 Å². The van der Waals surface area contributed by atoms with Crippen LogP contribution in [0.2, 0.25) is 0 Å². The van der Waals surface area contributed by atoms with Crippen LogP contribution in [-0.4, -0.2) is 37.6 Å². The van der Waals surface area contributed by atoms with E-state index in [1.54, 1.807) is 7.11 Å². The lowest BCUT2D eigenvalue weighted by Crippen LogP contribution is -2.38. The second kappa shape index (κ2) is 8.81. The number of rotatable bonds is 6. The lowest BCUT2D eigenvalue weighted by molar-refractivity contribution is 0.0935. The molecule has 2 aromatic carbocycles. The fourth-order valence-electron chi connectivity index (χ4n) is 3.28. The summed E-state index contributed by atoms with van der Waals surface area (Å²) in [5.74, 6) is 0.910. The number of nitrogens with one attached hydrogen (secondary N) is 1. The summed E-state index contributed by atoms with van der Waals surface area (Å²) in [7, 11) is 1.68. The number of likely N-dealkylation sites (tertiary alicyclic amines) is 1. The SMILES string of the molecule is COc1ccc(CN2CCC(CNC(=O)c3ccc(F)cc3)CC2)cc1. The van der Waals surface area contributed by atoms with Crippen molar-refractivity contribution in [1.29, 1.82) is 0 Å². The fraction of sp³-hybridized carbons (Fsp3) is 0.381. The van der Waals surface area contributed by atoms with Crippen LogP contribution in [-0.2, 0) is 6.54 Å². The monoisotopic (exact) mass is 356 g/mol. The van der Waals surface area contributed by atoms with E-state index in [4.69, 9.17) is 4.74 Å². The quantitative estimate of drug-likeness (QED) is 0.862. The predicted molar refractivity (Wildman–Crippen MR) is 99.7 cm³/mol. The number of piperidine rings is 1. The van der Waals surface area contributed by atoms with Crippen molar-refractivity contribution < 1.29 is 13.9 Å². The third kappa shape index (κ3) is 5.05. The van der Waals surface area contributed by atoms with Crippen LogP contribution >= 0.6 is 0 Å².